The zero-order chi connectivity index (χ0) is 14.5. The van der Waals surface area contributed by atoms with Crippen LogP contribution in [0.2, 0.25) is 0 Å². The van der Waals surface area contributed by atoms with E-state index in [-0.39, 0.29) is 5.82 Å². The molecule has 0 saturated heterocycles. The molecule has 0 spiro atoms. The monoisotopic (exact) mass is 339 g/mol. The fourth-order valence-electron chi connectivity index (χ4n) is 2.03. The summed E-state index contributed by atoms with van der Waals surface area (Å²) < 4.78 is 15.7. The first kappa shape index (κ1) is 15.2. The van der Waals surface area contributed by atoms with Gasteiger partial charge >= 0.3 is 0 Å². The van der Waals surface area contributed by atoms with Gasteiger partial charge in [0.1, 0.15) is 5.82 Å². The quantitative estimate of drug-likeness (QED) is 0.814. The molecule has 2 aromatic rings. The fourth-order valence-corrected chi connectivity index (χ4v) is 2.46. The van der Waals surface area contributed by atoms with E-state index in [0.29, 0.717) is 11.0 Å². The average Bonchev–Trinajstić information content (AvgIpc) is 2.76. The molecule has 0 amide bonds. The van der Waals surface area contributed by atoms with Crippen LogP contribution in [0.4, 0.5) is 4.39 Å². The van der Waals surface area contributed by atoms with Gasteiger partial charge in [-0.15, -0.1) is 0 Å². The molecule has 0 aliphatic rings. The van der Waals surface area contributed by atoms with E-state index in [4.69, 9.17) is 0 Å². The molecule has 0 aliphatic heterocycles. The van der Waals surface area contributed by atoms with Crippen LogP contribution in [0.1, 0.15) is 30.2 Å². The topological polar surface area (TPSA) is 29.9 Å². The Morgan fingerprint density at radius 2 is 2.20 bits per heavy atom. The van der Waals surface area contributed by atoms with E-state index in [1.165, 1.54) is 11.6 Å². The van der Waals surface area contributed by atoms with Gasteiger partial charge in [-0.1, -0.05) is 13.0 Å². The van der Waals surface area contributed by atoms with Crippen molar-refractivity contribution in [2.24, 2.45) is 0 Å². The highest BCUT2D eigenvalue weighted by Gasteiger charge is 2.07. The second-order valence-corrected chi connectivity index (χ2v) is 5.69. The van der Waals surface area contributed by atoms with E-state index in [9.17, 15) is 4.39 Å². The second kappa shape index (κ2) is 6.99. The molecule has 1 aromatic carbocycles. The van der Waals surface area contributed by atoms with E-state index in [1.807, 2.05) is 10.9 Å². The van der Waals surface area contributed by atoms with Crippen molar-refractivity contribution in [3.05, 3.63) is 51.5 Å². The van der Waals surface area contributed by atoms with Crippen molar-refractivity contribution >= 4 is 15.9 Å². The van der Waals surface area contributed by atoms with Crippen molar-refractivity contribution in [2.45, 2.75) is 33.4 Å². The predicted octanol–water partition coefficient (Wildman–Crippen LogP) is 3.64. The summed E-state index contributed by atoms with van der Waals surface area (Å²) in [5.74, 6) is -0.240. The summed E-state index contributed by atoms with van der Waals surface area (Å²) in [6.07, 6.45) is 3.02. The Morgan fingerprint density at radius 3 is 2.90 bits per heavy atom. The highest BCUT2D eigenvalue weighted by Crippen LogP contribution is 2.18. The van der Waals surface area contributed by atoms with Gasteiger partial charge in [0.05, 0.1) is 17.2 Å². The van der Waals surface area contributed by atoms with Crippen LogP contribution in [0.3, 0.4) is 0 Å². The molecule has 1 aromatic heterocycles. The molecule has 3 nitrogen and oxygen atoms in total. The summed E-state index contributed by atoms with van der Waals surface area (Å²) >= 11 is 3.21. The molecule has 0 aliphatic carbocycles. The van der Waals surface area contributed by atoms with Gasteiger partial charge in [-0.25, -0.2) is 4.39 Å². The van der Waals surface area contributed by atoms with E-state index in [0.717, 1.165) is 30.8 Å². The molecule has 2 rings (SSSR count). The second-order valence-electron chi connectivity index (χ2n) is 4.84. The predicted molar refractivity (Wildman–Crippen MR) is 82.2 cm³/mol. The SMILES string of the molecule is CCCNCc1cnn(Cc2ccc(F)c(Br)c2)c1C. The number of halogens is 2. The Kier molecular flexibility index (Phi) is 5.31. The maximum Gasteiger partial charge on any atom is 0.137 e. The smallest absolute Gasteiger partial charge is 0.137 e. The number of rotatable bonds is 6. The minimum Gasteiger partial charge on any atom is -0.313 e. The Hall–Kier alpha value is -1.20. The van der Waals surface area contributed by atoms with Crippen LogP contribution in [-0.2, 0) is 13.1 Å². The van der Waals surface area contributed by atoms with Crippen LogP contribution in [0, 0.1) is 12.7 Å². The Balaban J connectivity index is 2.07. The fraction of sp³-hybridized carbons (Fsp3) is 0.400. The summed E-state index contributed by atoms with van der Waals surface area (Å²) in [5, 5.41) is 7.78. The highest BCUT2D eigenvalue weighted by molar-refractivity contribution is 9.10. The Bertz CT molecular complexity index is 580. The first-order valence-electron chi connectivity index (χ1n) is 6.77. The normalized spacial score (nSPS) is 11.0. The molecular formula is C15H19BrFN3. The van der Waals surface area contributed by atoms with Gasteiger partial charge in [-0.05, 0) is 53.5 Å². The lowest BCUT2D eigenvalue weighted by molar-refractivity contribution is 0.616. The average molecular weight is 340 g/mol. The highest BCUT2D eigenvalue weighted by atomic mass is 79.9. The van der Waals surface area contributed by atoms with E-state index >= 15 is 0 Å². The van der Waals surface area contributed by atoms with Gasteiger partial charge in [0.15, 0.2) is 0 Å². The molecule has 0 bridgehead atoms. The van der Waals surface area contributed by atoms with E-state index in [1.54, 1.807) is 12.1 Å². The van der Waals surface area contributed by atoms with Crippen molar-refractivity contribution in [1.82, 2.24) is 15.1 Å². The third kappa shape index (κ3) is 3.67. The molecule has 0 saturated carbocycles. The van der Waals surface area contributed by atoms with Crippen LogP contribution in [-0.4, -0.2) is 16.3 Å². The van der Waals surface area contributed by atoms with Crippen molar-refractivity contribution in [3.63, 3.8) is 0 Å². The minimum atomic E-state index is -0.240. The summed E-state index contributed by atoms with van der Waals surface area (Å²) in [6.45, 7) is 6.71. The van der Waals surface area contributed by atoms with Gasteiger partial charge in [-0.3, -0.25) is 4.68 Å². The van der Waals surface area contributed by atoms with Crippen molar-refractivity contribution < 1.29 is 4.39 Å². The molecule has 0 atom stereocenters. The zero-order valence-corrected chi connectivity index (χ0v) is 13.4. The first-order valence-corrected chi connectivity index (χ1v) is 7.57. The van der Waals surface area contributed by atoms with E-state index < -0.39 is 0 Å². The van der Waals surface area contributed by atoms with Crippen molar-refractivity contribution in [3.8, 4) is 0 Å². The third-order valence-corrected chi connectivity index (χ3v) is 3.87. The molecule has 0 radical (unpaired) electrons. The number of aromatic nitrogens is 2. The zero-order valence-electron chi connectivity index (χ0n) is 11.8. The summed E-state index contributed by atoms with van der Waals surface area (Å²) in [6, 6.07) is 5.06. The molecule has 20 heavy (non-hydrogen) atoms. The van der Waals surface area contributed by atoms with Gasteiger partial charge in [0, 0.05) is 17.8 Å². The van der Waals surface area contributed by atoms with Crippen LogP contribution in [0.5, 0.6) is 0 Å². The lowest BCUT2D eigenvalue weighted by Crippen LogP contribution is -2.14. The van der Waals surface area contributed by atoms with Crippen molar-refractivity contribution in [1.29, 1.82) is 0 Å². The molecule has 1 heterocycles. The summed E-state index contributed by atoms with van der Waals surface area (Å²) in [5.41, 5.74) is 3.38. The van der Waals surface area contributed by atoms with Gasteiger partial charge in [-0.2, -0.15) is 5.10 Å². The molecule has 0 unspecified atom stereocenters. The van der Waals surface area contributed by atoms with Crippen LogP contribution in [0.15, 0.2) is 28.9 Å². The van der Waals surface area contributed by atoms with E-state index in [2.05, 4.69) is 40.2 Å². The summed E-state index contributed by atoms with van der Waals surface area (Å²) in [4.78, 5) is 0. The maximum atomic E-state index is 13.2. The standard InChI is InChI=1S/C15H19BrFN3/c1-3-6-18-8-13-9-19-20(11(13)2)10-12-4-5-15(17)14(16)7-12/h4-5,7,9,18H,3,6,8,10H2,1-2H3. The third-order valence-electron chi connectivity index (χ3n) is 3.26. The maximum absolute atomic E-state index is 13.2. The number of hydrogen-bond donors (Lipinski definition) is 1. The first-order chi connectivity index (χ1) is 9.61. The van der Waals surface area contributed by atoms with Crippen molar-refractivity contribution in [2.75, 3.05) is 6.54 Å². The number of nitrogens with one attached hydrogen (secondary N) is 1. The molecule has 5 heteroatoms. The molecule has 1 N–H and O–H groups in total. The Labute approximate surface area is 127 Å². The molecule has 0 fully saturated rings. The summed E-state index contributed by atoms with van der Waals surface area (Å²) in [7, 11) is 0. The molecule has 108 valence electrons. The number of benzene rings is 1. The lowest BCUT2D eigenvalue weighted by Gasteiger charge is -2.07. The lowest BCUT2D eigenvalue weighted by atomic mass is 10.2. The van der Waals surface area contributed by atoms with Gasteiger partial charge < -0.3 is 5.32 Å². The van der Waals surface area contributed by atoms with Crippen LogP contribution < -0.4 is 5.32 Å². The Morgan fingerprint density at radius 1 is 1.40 bits per heavy atom. The van der Waals surface area contributed by atoms with Crippen LogP contribution in [0.25, 0.3) is 0 Å². The van der Waals surface area contributed by atoms with Gasteiger partial charge in [0.2, 0.25) is 0 Å². The van der Waals surface area contributed by atoms with Crippen LogP contribution >= 0.6 is 15.9 Å². The number of hydrogen-bond acceptors (Lipinski definition) is 2. The molecular weight excluding hydrogens is 321 g/mol. The largest absolute Gasteiger partial charge is 0.313 e. The van der Waals surface area contributed by atoms with Gasteiger partial charge in [0.25, 0.3) is 0 Å². The number of nitrogens with zero attached hydrogens (tertiary/aromatic N) is 2. The minimum absolute atomic E-state index is 0.240.